The zero-order valence-corrected chi connectivity index (χ0v) is 32.6. The number of benzene rings is 8. The minimum atomic E-state index is 0.606. The quantitative estimate of drug-likeness (QED) is 0.146. The molecule has 5 nitrogen and oxygen atoms in total. The summed E-state index contributed by atoms with van der Waals surface area (Å²) in [5, 5.41) is 0. The molecule has 0 bridgehead atoms. The standard InChI is InChI=1S/C55H37N5/c1-5-16-38(17-6-1)39-28-32-41(33-29-39)48-26-13-14-27-49(48)55-59-53(45-22-11-4-12-23-45)58-54(60-55)47-25-15-24-46(36-47)40-30-34-43(35-31-40)51-37-50(42-18-7-2-8-19-42)56-52(57-51)44-20-9-3-10-21-44/h1-37H. The van der Waals surface area contributed by atoms with Crippen molar-refractivity contribution in [3.63, 3.8) is 0 Å². The van der Waals surface area contributed by atoms with E-state index >= 15 is 0 Å². The molecule has 0 saturated heterocycles. The van der Waals surface area contributed by atoms with Crippen molar-refractivity contribution in [2.24, 2.45) is 0 Å². The van der Waals surface area contributed by atoms with E-state index in [1.807, 2.05) is 91.0 Å². The summed E-state index contributed by atoms with van der Waals surface area (Å²) in [6, 6.07) is 77.0. The number of rotatable bonds is 9. The van der Waals surface area contributed by atoms with Crippen LogP contribution in [0.2, 0.25) is 0 Å². The number of nitrogens with zero attached hydrogens (tertiary/aromatic N) is 5. The first-order valence-electron chi connectivity index (χ1n) is 20.0. The predicted molar refractivity (Wildman–Crippen MR) is 244 cm³/mol. The molecule has 10 aromatic rings. The molecule has 0 spiro atoms. The average molecular weight is 768 g/mol. The molecule has 0 saturated carbocycles. The fourth-order valence-electron chi connectivity index (χ4n) is 7.48. The fraction of sp³-hybridized carbons (Fsp3) is 0. The summed E-state index contributed by atoms with van der Waals surface area (Å²) in [6.07, 6.45) is 0. The highest BCUT2D eigenvalue weighted by molar-refractivity contribution is 5.83. The van der Waals surface area contributed by atoms with Crippen LogP contribution in [0.1, 0.15) is 0 Å². The molecule has 5 heteroatoms. The average Bonchev–Trinajstić information content (AvgIpc) is 3.35. The van der Waals surface area contributed by atoms with Gasteiger partial charge >= 0.3 is 0 Å². The van der Waals surface area contributed by atoms with Crippen molar-refractivity contribution < 1.29 is 0 Å². The maximum absolute atomic E-state index is 5.17. The summed E-state index contributed by atoms with van der Waals surface area (Å²) in [5.74, 6) is 2.54. The van der Waals surface area contributed by atoms with Gasteiger partial charge in [-0.15, -0.1) is 0 Å². The maximum Gasteiger partial charge on any atom is 0.164 e. The van der Waals surface area contributed by atoms with Gasteiger partial charge in [0.15, 0.2) is 23.3 Å². The molecule has 282 valence electrons. The third-order valence-corrected chi connectivity index (χ3v) is 10.6. The number of hydrogen-bond donors (Lipinski definition) is 0. The van der Waals surface area contributed by atoms with Crippen molar-refractivity contribution in [2.45, 2.75) is 0 Å². The Morgan fingerprint density at radius 1 is 0.183 bits per heavy atom. The Labute approximate surface area is 349 Å². The van der Waals surface area contributed by atoms with Crippen molar-refractivity contribution in [1.82, 2.24) is 24.9 Å². The highest BCUT2D eigenvalue weighted by Gasteiger charge is 2.17. The smallest absolute Gasteiger partial charge is 0.164 e. The van der Waals surface area contributed by atoms with Crippen LogP contribution >= 0.6 is 0 Å². The molecule has 0 unspecified atom stereocenters. The van der Waals surface area contributed by atoms with Crippen molar-refractivity contribution in [3.8, 4) is 101 Å². The van der Waals surface area contributed by atoms with E-state index in [1.165, 1.54) is 11.1 Å². The highest BCUT2D eigenvalue weighted by atomic mass is 15.0. The molecule has 0 aliphatic heterocycles. The van der Waals surface area contributed by atoms with Gasteiger partial charge in [-0.3, -0.25) is 0 Å². The maximum atomic E-state index is 5.17. The summed E-state index contributed by atoms with van der Waals surface area (Å²) in [5.41, 5.74) is 14.2. The summed E-state index contributed by atoms with van der Waals surface area (Å²) in [4.78, 5) is 25.3. The normalized spacial score (nSPS) is 11.0. The van der Waals surface area contributed by atoms with Crippen molar-refractivity contribution >= 4 is 0 Å². The third-order valence-electron chi connectivity index (χ3n) is 10.6. The molecule has 0 aliphatic rings. The second-order valence-electron chi connectivity index (χ2n) is 14.5. The molecule has 60 heavy (non-hydrogen) atoms. The van der Waals surface area contributed by atoms with Crippen LogP contribution in [0.15, 0.2) is 224 Å². The lowest BCUT2D eigenvalue weighted by molar-refractivity contribution is 1.07. The third kappa shape index (κ3) is 7.63. The van der Waals surface area contributed by atoms with Crippen LogP contribution in [0, 0.1) is 0 Å². The lowest BCUT2D eigenvalue weighted by Crippen LogP contribution is -2.01. The molecule has 0 atom stereocenters. The van der Waals surface area contributed by atoms with Crippen LogP contribution in [-0.2, 0) is 0 Å². The van der Waals surface area contributed by atoms with Crippen LogP contribution in [0.3, 0.4) is 0 Å². The van der Waals surface area contributed by atoms with E-state index in [4.69, 9.17) is 24.9 Å². The largest absolute Gasteiger partial charge is 0.228 e. The minimum absolute atomic E-state index is 0.606. The molecule has 0 amide bonds. The lowest BCUT2D eigenvalue weighted by Gasteiger charge is -2.13. The zero-order valence-electron chi connectivity index (χ0n) is 32.6. The van der Waals surface area contributed by atoms with Gasteiger partial charge in [0.25, 0.3) is 0 Å². The molecule has 8 aromatic carbocycles. The Morgan fingerprint density at radius 3 is 1.12 bits per heavy atom. The second-order valence-corrected chi connectivity index (χ2v) is 14.5. The molecule has 10 rings (SSSR count). The number of aromatic nitrogens is 5. The van der Waals surface area contributed by atoms with Crippen LogP contribution in [-0.4, -0.2) is 24.9 Å². The highest BCUT2D eigenvalue weighted by Crippen LogP contribution is 2.35. The first-order valence-corrected chi connectivity index (χ1v) is 20.0. The van der Waals surface area contributed by atoms with E-state index in [0.717, 1.165) is 67.0 Å². The van der Waals surface area contributed by atoms with E-state index in [-0.39, 0.29) is 0 Å². The van der Waals surface area contributed by atoms with Crippen molar-refractivity contribution in [1.29, 1.82) is 0 Å². The van der Waals surface area contributed by atoms with Gasteiger partial charge in [0.05, 0.1) is 11.4 Å². The van der Waals surface area contributed by atoms with E-state index in [1.54, 1.807) is 0 Å². The SMILES string of the molecule is c1ccc(-c2ccc(-c3ccccc3-c3nc(-c4ccccc4)nc(-c4cccc(-c5ccc(-c6cc(-c7ccccc7)nc(-c7ccccc7)n6)cc5)c4)n3)cc2)cc1. The summed E-state index contributed by atoms with van der Waals surface area (Å²) < 4.78 is 0. The van der Waals surface area contributed by atoms with E-state index in [0.29, 0.717) is 23.3 Å². The van der Waals surface area contributed by atoms with Crippen LogP contribution in [0.4, 0.5) is 0 Å². The Hall–Kier alpha value is -8.15. The summed E-state index contributed by atoms with van der Waals surface area (Å²) >= 11 is 0. The molecule has 0 fully saturated rings. The molecular weight excluding hydrogens is 731 g/mol. The van der Waals surface area contributed by atoms with Crippen molar-refractivity contribution in [3.05, 3.63) is 224 Å². The zero-order chi connectivity index (χ0) is 40.1. The van der Waals surface area contributed by atoms with Gasteiger partial charge in [-0.25, -0.2) is 24.9 Å². The van der Waals surface area contributed by atoms with Crippen LogP contribution in [0.25, 0.3) is 101 Å². The van der Waals surface area contributed by atoms with Gasteiger partial charge in [-0.1, -0.05) is 212 Å². The van der Waals surface area contributed by atoms with E-state index < -0.39 is 0 Å². The Morgan fingerprint density at radius 2 is 0.533 bits per heavy atom. The first-order chi connectivity index (χ1) is 29.7. The number of hydrogen-bond acceptors (Lipinski definition) is 5. The van der Waals surface area contributed by atoms with Gasteiger partial charge in [0, 0.05) is 33.4 Å². The van der Waals surface area contributed by atoms with Crippen LogP contribution in [0.5, 0.6) is 0 Å². The second kappa shape index (κ2) is 16.4. The lowest BCUT2D eigenvalue weighted by atomic mass is 9.96. The molecule has 2 heterocycles. The molecular formula is C55H37N5. The first kappa shape index (κ1) is 36.2. The molecule has 0 radical (unpaired) electrons. The van der Waals surface area contributed by atoms with Crippen molar-refractivity contribution in [2.75, 3.05) is 0 Å². The molecule has 0 aliphatic carbocycles. The van der Waals surface area contributed by atoms with E-state index in [9.17, 15) is 0 Å². The topological polar surface area (TPSA) is 64.5 Å². The van der Waals surface area contributed by atoms with Gasteiger partial charge < -0.3 is 0 Å². The summed E-state index contributed by atoms with van der Waals surface area (Å²) in [6.45, 7) is 0. The van der Waals surface area contributed by atoms with Gasteiger partial charge in [-0.2, -0.15) is 0 Å². The Kier molecular flexibility index (Phi) is 9.88. The Bertz CT molecular complexity index is 2990. The van der Waals surface area contributed by atoms with Gasteiger partial charge in [0.1, 0.15) is 0 Å². The molecule has 2 aromatic heterocycles. The monoisotopic (exact) mass is 767 g/mol. The van der Waals surface area contributed by atoms with Gasteiger partial charge in [0.2, 0.25) is 0 Å². The van der Waals surface area contributed by atoms with E-state index in [2.05, 4.69) is 133 Å². The molecule has 0 N–H and O–H groups in total. The minimum Gasteiger partial charge on any atom is -0.228 e. The van der Waals surface area contributed by atoms with Crippen LogP contribution < -0.4 is 0 Å². The fourth-order valence-corrected chi connectivity index (χ4v) is 7.48. The van der Waals surface area contributed by atoms with Gasteiger partial charge in [-0.05, 0) is 45.5 Å². The predicted octanol–water partition coefficient (Wildman–Crippen LogP) is 13.7. The summed E-state index contributed by atoms with van der Waals surface area (Å²) in [7, 11) is 0. The Balaban J connectivity index is 1.01.